The maximum Gasteiger partial charge on any atom is 0.0947 e. The van der Waals surface area contributed by atoms with E-state index in [0.29, 0.717) is 12.5 Å². The number of nitrogens with one attached hydrogen (secondary N) is 1. The second-order valence-corrected chi connectivity index (χ2v) is 7.04. The summed E-state index contributed by atoms with van der Waals surface area (Å²) in [6.07, 6.45) is 5.75. The Balaban J connectivity index is 0.00000243. The molecule has 0 bridgehead atoms. The van der Waals surface area contributed by atoms with Crippen LogP contribution in [0.1, 0.15) is 37.0 Å². The molecule has 3 rings (SSSR count). The van der Waals surface area contributed by atoms with Crippen molar-refractivity contribution >= 4 is 12.4 Å². The molecule has 6 heteroatoms. The highest BCUT2D eigenvalue weighted by atomic mass is 35.5. The van der Waals surface area contributed by atoms with Crippen LogP contribution in [0.2, 0.25) is 0 Å². The second-order valence-electron chi connectivity index (χ2n) is 7.04. The molecule has 2 heterocycles. The molecule has 0 radical (unpaired) electrons. The van der Waals surface area contributed by atoms with Crippen LogP contribution in [-0.2, 0) is 13.1 Å². The van der Waals surface area contributed by atoms with Crippen LogP contribution in [0.4, 0.5) is 0 Å². The van der Waals surface area contributed by atoms with Gasteiger partial charge < -0.3 is 10.4 Å². The minimum Gasteiger partial charge on any atom is -0.387 e. The van der Waals surface area contributed by atoms with Crippen molar-refractivity contribution in [2.75, 3.05) is 26.2 Å². The Bertz CT molecular complexity index is 628. The monoisotopic (exact) mass is 378 g/mol. The van der Waals surface area contributed by atoms with Crippen molar-refractivity contribution < 1.29 is 5.11 Å². The van der Waals surface area contributed by atoms with Crippen LogP contribution in [0.25, 0.3) is 0 Å². The van der Waals surface area contributed by atoms with Crippen LogP contribution >= 0.6 is 12.4 Å². The van der Waals surface area contributed by atoms with Crippen LogP contribution in [0, 0.1) is 5.92 Å². The van der Waals surface area contributed by atoms with E-state index in [1.807, 2.05) is 16.9 Å². The number of aliphatic hydroxyl groups excluding tert-OH is 1. The van der Waals surface area contributed by atoms with Gasteiger partial charge in [0.2, 0.25) is 0 Å². The van der Waals surface area contributed by atoms with E-state index in [4.69, 9.17) is 0 Å². The zero-order chi connectivity index (χ0) is 17.5. The van der Waals surface area contributed by atoms with Crippen LogP contribution in [0.5, 0.6) is 0 Å². The first-order chi connectivity index (χ1) is 12.2. The average molecular weight is 379 g/mol. The molecule has 2 unspecified atom stereocenters. The van der Waals surface area contributed by atoms with Crippen molar-refractivity contribution in [1.29, 1.82) is 0 Å². The quantitative estimate of drug-likeness (QED) is 0.741. The molecule has 5 nitrogen and oxygen atoms in total. The third kappa shape index (κ3) is 6.09. The highest BCUT2D eigenvalue weighted by molar-refractivity contribution is 5.85. The number of aryl methyl sites for hydroxylation is 1. The van der Waals surface area contributed by atoms with Crippen molar-refractivity contribution in [2.45, 2.75) is 39.0 Å². The molecule has 2 atom stereocenters. The Morgan fingerprint density at radius 3 is 2.81 bits per heavy atom. The number of aromatic nitrogens is 2. The van der Waals surface area contributed by atoms with Gasteiger partial charge in [-0.25, -0.2) is 0 Å². The first kappa shape index (κ1) is 20.9. The van der Waals surface area contributed by atoms with Gasteiger partial charge in [0.1, 0.15) is 0 Å². The lowest BCUT2D eigenvalue weighted by atomic mass is 9.98. The van der Waals surface area contributed by atoms with E-state index in [2.05, 4.69) is 46.5 Å². The van der Waals surface area contributed by atoms with Gasteiger partial charge in [0, 0.05) is 37.9 Å². The van der Waals surface area contributed by atoms with Gasteiger partial charge in [0.05, 0.1) is 12.3 Å². The van der Waals surface area contributed by atoms with Crippen molar-refractivity contribution in [1.82, 2.24) is 20.0 Å². The van der Waals surface area contributed by atoms with Crippen molar-refractivity contribution in [3.05, 3.63) is 53.9 Å². The van der Waals surface area contributed by atoms with Crippen LogP contribution in [-0.4, -0.2) is 46.0 Å². The SMILES string of the molecule is CCn1cc(C(O)CN(Cc2ccccc2)CC2CCCNC2)cn1.Cl. The summed E-state index contributed by atoms with van der Waals surface area (Å²) in [5.41, 5.74) is 2.20. The molecule has 144 valence electrons. The summed E-state index contributed by atoms with van der Waals surface area (Å²) in [5, 5.41) is 18.5. The minimum atomic E-state index is -0.499. The lowest BCUT2D eigenvalue weighted by Gasteiger charge is -2.31. The predicted octanol–water partition coefficient (Wildman–Crippen LogP) is 2.86. The number of nitrogens with zero attached hydrogens (tertiary/aromatic N) is 3. The van der Waals surface area contributed by atoms with Gasteiger partial charge in [-0.3, -0.25) is 9.58 Å². The van der Waals surface area contributed by atoms with Gasteiger partial charge in [-0.1, -0.05) is 30.3 Å². The average Bonchev–Trinajstić information content (AvgIpc) is 3.13. The lowest BCUT2D eigenvalue weighted by molar-refractivity contribution is 0.0946. The van der Waals surface area contributed by atoms with E-state index >= 15 is 0 Å². The second kappa shape index (κ2) is 10.7. The molecule has 2 aromatic rings. The lowest BCUT2D eigenvalue weighted by Crippen LogP contribution is -2.39. The number of hydrogen-bond donors (Lipinski definition) is 2. The van der Waals surface area contributed by atoms with E-state index in [0.717, 1.165) is 38.3 Å². The Hall–Kier alpha value is -1.40. The van der Waals surface area contributed by atoms with E-state index < -0.39 is 6.10 Å². The fraction of sp³-hybridized carbons (Fsp3) is 0.550. The third-order valence-corrected chi connectivity index (χ3v) is 4.96. The summed E-state index contributed by atoms with van der Waals surface area (Å²) in [5.74, 6) is 0.656. The standard InChI is InChI=1S/C20H30N4O.ClH/c1-2-24-15-19(12-22-24)20(25)16-23(13-17-7-4-3-5-8-17)14-18-9-6-10-21-11-18;/h3-5,7-8,12,15,18,20-21,25H,2,6,9-11,13-14,16H2,1H3;1H. The summed E-state index contributed by atoms with van der Waals surface area (Å²) in [6.45, 7) is 7.62. The predicted molar refractivity (Wildman–Crippen MR) is 107 cm³/mol. The molecule has 0 saturated carbocycles. The molecule has 2 N–H and O–H groups in total. The van der Waals surface area contributed by atoms with E-state index in [1.54, 1.807) is 6.20 Å². The molecule has 1 fully saturated rings. The summed E-state index contributed by atoms with van der Waals surface area (Å²) in [6, 6.07) is 10.5. The van der Waals surface area contributed by atoms with Gasteiger partial charge in [0.15, 0.2) is 0 Å². The Kier molecular flexibility index (Phi) is 8.59. The number of halogens is 1. The number of piperidine rings is 1. The zero-order valence-electron chi connectivity index (χ0n) is 15.6. The molecule has 1 aliphatic heterocycles. The van der Waals surface area contributed by atoms with Gasteiger partial charge in [-0.15, -0.1) is 12.4 Å². The normalized spacial score (nSPS) is 18.5. The van der Waals surface area contributed by atoms with Gasteiger partial charge >= 0.3 is 0 Å². The van der Waals surface area contributed by atoms with Gasteiger partial charge in [0.25, 0.3) is 0 Å². The summed E-state index contributed by atoms with van der Waals surface area (Å²) in [7, 11) is 0. The number of hydrogen-bond acceptors (Lipinski definition) is 4. The summed E-state index contributed by atoms with van der Waals surface area (Å²) < 4.78 is 1.87. The van der Waals surface area contributed by atoms with E-state index in [9.17, 15) is 5.11 Å². The van der Waals surface area contributed by atoms with Crippen molar-refractivity contribution in [3.8, 4) is 0 Å². The molecule has 0 amide bonds. The molecule has 0 aliphatic carbocycles. The zero-order valence-corrected chi connectivity index (χ0v) is 16.4. The van der Waals surface area contributed by atoms with Gasteiger partial charge in [-0.2, -0.15) is 5.10 Å². The Labute approximate surface area is 162 Å². The maximum atomic E-state index is 10.7. The molecule has 1 aromatic carbocycles. The molecule has 1 saturated heterocycles. The molecule has 26 heavy (non-hydrogen) atoms. The summed E-state index contributed by atoms with van der Waals surface area (Å²) >= 11 is 0. The maximum absolute atomic E-state index is 10.7. The first-order valence-corrected chi connectivity index (χ1v) is 9.42. The highest BCUT2D eigenvalue weighted by Crippen LogP contribution is 2.19. The summed E-state index contributed by atoms with van der Waals surface area (Å²) in [4.78, 5) is 2.39. The Morgan fingerprint density at radius 2 is 2.15 bits per heavy atom. The fourth-order valence-electron chi connectivity index (χ4n) is 3.56. The van der Waals surface area contributed by atoms with E-state index in [-0.39, 0.29) is 12.4 Å². The number of rotatable bonds is 8. The molecule has 1 aliphatic rings. The van der Waals surface area contributed by atoms with Crippen LogP contribution in [0.3, 0.4) is 0 Å². The Morgan fingerprint density at radius 1 is 1.35 bits per heavy atom. The number of aliphatic hydroxyl groups is 1. The third-order valence-electron chi connectivity index (χ3n) is 4.96. The first-order valence-electron chi connectivity index (χ1n) is 9.42. The molecule has 1 aromatic heterocycles. The van der Waals surface area contributed by atoms with Crippen molar-refractivity contribution in [3.63, 3.8) is 0 Å². The smallest absolute Gasteiger partial charge is 0.0947 e. The largest absolute Gasteiger partial charge is 0.387 e. The molecular weight excluding hydrogens is 348 g/mol. The van der Waals surface area contributed by atoms with E-state index in [1.165, 1.54) is 18.4 Å². The highest BCUT2D eigenvalue weighted by Gasteiger charge is 2.20. The minimum absolute atomic E-state index is 0. The van der Waals surface area contributed by atoms with Crippen LogP contribution in [0.15, 0.2) is 42.7 Å². The molecular formula is C20H31ClN4O. The van der Waals surface area contributed by atoms with Gasteiger partial charge in [-0.05, 0) is 44.3 Å². The molecule has 0 spiro atoms. The number of benzene rings is 1. The van der Waals surface area contributed by atoms with Crippen LogP contribution < -0.4 is 5.32 Å². The van der Waals surface area contributed by atoms with Crippen molar-refractivity contribution in [2.24, 2.45) is 5.92 Å². The topological polar surface area (TPSA) is 53.3 Å². The fourth-order valence-corrected chi connectivity index (χ4v) is 3.56.